The van der Waals surface area contributed by atoms with Gasteiger partial charge in [-0.3, -0.25) is 0 Å². The Hall–Kier alpha value is -3.15. The summed E-state index contributed by atoms with van der Waals surface area (Å²) in [6.07, 6.45) is 1.72. The predicted molar refractivity (Wildman–Crippen MR) is 99.6 cm³/mol. The molecular weight excluding hydrogens is 306 g/mol. The molecule has 0 amide bonds. The number of benzene rings is 2. The fraction of sp³-hybridized carbons (Fsp3) is 0.0870. The monoisotopic (exact) mass is 323 g/mol. The van der Waals surface area contributed by atoms with E-state index in [9.17, 15) is 5.11 Å². The lowest BCUT2D eigenvalue weighted by molar-refractivity contribution is 0.107. The van der Waals surface area contributed by atoms with Crippen LogP contribution in [0.3, 0.4) is 0 Å². The smallest absolute Gasteiger partial charge is 0.121 e. The standard InChI is InChI=1S/C23H17NO/c1-23(25)20-13-6-5-12-19(20)22(17-9-3-2-4-10-17)21(23)15-14-18-11-7-8-16-24-18/h2-13,16,25H,1H3. The first-order valence-corrected chi connectivity index (χ1v) is 8.23. The molecule has 4 rings (SSSR count). The molecule has 1 unspecified atom stereocenters. The molecule has 1 atom stereocenters. The summed E-state index contributed by atoms with van der Waals surface area (Å²) in [5.41, 5.74) is 4.24. The lowest BCUT2D eigenvalue weighted by Gasteiger charge is -2.19. The van der Waals surface area contributed by atoms with E-state index in [0.717, 1.165) is 22.3 Å². The Balaban J connectivity index is 1.95. The van der Waals surface area contributed by atoms with E-state index in [1.54, 1.807) is 6.20 Å². The van der Waals surface area contributed by atoms with Crippen LogP contribution in [-0.4, -0.2) is 10.1 Å². The highest BCUT2D eigenvalue weighted by Gasteiger charge is 2.39. The Morgan fingerprint density at radius 3 is 2.32 bits per heavy atom. The molecule has 2 nitrogen and oxygen atoms in total. The Morgan fingerprint density at radius 1 is 0.840 bits per heavy atom. The molecule has 25 heavy (non-hydrogen) atoms. The number of hydrogen-bond donors (Lipinski definition) is 1. The average Bonchev–Trinajstić information content (AvgIpc) is 2.89. The molecule has 1 N–H and O–H groups in total. The Morgan fingerprint density at radius 2 is 1.56 bits per heavy atom. The van der Waals surface area contributed by atoms with Crippen molar-refractivity contribution in [2.24, 2.45) is 0 Å². The van der Waals surface area contributed by atoms with Gasteiger partial charge in [-0.2, -0.15) is 0 Å². The van der Waals surface area contributed by atoms with Gasteiger partial charge in [0.05, 0.1) is 0 Å². The van der Waals surface area contributed by atoms with E-state index in [1.165, 1.54) is 0 Å². The summed E-state index contributed by atoms with van der Waals surface area (Å²) in [4.78, 5) is 4.26. The van der Waals surface area contributed by atoms with Crippen LogP contribution in [0.2, 0.25) is 0 Å². The van der Waals surface area contributed by atoms with Crippen LogP contribution < -0.4 is 0 Å². The summed E-state index contributed by atoms with van der Waals surface area (Å²) < 4.78 is 0. The van der Waals surface area contributed by atoms with Crippen molar-refractivity contribution in [2.45, 2.75) is 12.5 Å². The molecule has 2 heteroatoms. The van der Waals surface area contributed by atoms with E-state index in [4.69, 9.17) is 0 Å². The Labute approximate surface area is 147 Å². The SMILES string of the molecule is CC1(O)C(C#Cc2ccccn2)=C(c2ccccc2)c2ccccc21. The molecule has 3 aromatic rings. The summed E-state index contributed by atoms with van der Waals surface area (Å²) >= 11 is 0. The third kappa shape index (κ3) is 2.65. The number of aliphatic hydroxyl groups is 1. The molecule has 0 bridgehead atoms. The maximum absolute atomic E-state index is 11.2. The third-order valence-corrected chi connectivity index (χ3v) is 4.50. The van der Waals surface area contributed by atoms with Gasteiger partial charge in [-0.1, -0.05) is 66.6 Å². The summed E-state index contributed by atoms with van der Waals surface area (Å²) in [5, 5.41) is 11.2. The van der Waals surface area contributed by atoms with Crippen LogP contribution in [0.15, 0.2) is 84.6 Å². The van der Waals surface area contributed by atoms with Gasteiger partial charge in [0.15, 0.2) is 0 Å². The molecule has 1 aromatic heterocycles. The number of fused-ring (bicyclic) bond motifs is 1. The van der Waals surface area contributed by atoms with Crippen molar-refractivity contribution < 1.29 is 5.11 Å². The van der Waals surface area contributed by atoms with Crippen LogP contribution in [0.5, 0.6) is 0 Å². The number of nitrogens with zero attached hydrogens (tertiary/aromatic N) is 1. The first-order chi connectivity index (χ1) is 12.2. The normalized spacial score (nSPS) is 18.5. The van der Waals surface area contributed by atoms with Crippen LogP contribution in [0.25, 0.3) is 5.57 Å². The van der Waals surface area contributed by atoms with Gasteiger partial charge >= 0.3 is 0 Å². The van der Waals surface area contributed by atoms with E-state index < -0.39 is 5.60 Å². The number of hydrogen-bond acceptors (Lipinski definition) is 2. The molecule has 0 saturated carbocycles. The summed E-state index contributed by atoms with van der Waals surface area (Å²) in [6, 6.07) is 23.7. The van der Waals surface area contributed by atoms with Crippen LogP contribution in [0.4, 0.5) is 0 Å². The Kier molecular flexibility index (Phi) is 3.72. The Bertz CT molecular complexity index is 1010. The third-order valence-electron chi connectivity index (χ3n) is 4.50. The van der Waals surface area contributed by atoms with Crippen molar-refractivity contribution in [3.63, 3.8) is 0 Å². The fourth-order valence-corrected chi connectivity index (χ4v) is 3.29. The van der Waals surface area contributed by atoms with Gasteiger partial charge < -0.3 is 5.11 Å². The lowest BCUT2D eigenvalue weighted by Crippen LogP contribution is -2.20. The van der Waals surface area contributed by atoms with E-state index in [2.05, 4.69) is 29.0 Å². The molecule has 0 saturated heterocycles. The highest BCUT2D eigenvalue weighted by Crippen LogP contribution is 2.46. The first kappa shape index (κ1) is 15.4. The van der Waals surface area contributed by atoms with Crippen molar-refractivity contribution in [3.05, 3.63) is 107 Å². The van der Waals surface area contributed by atoms with Crippen LogP contribution in [0.1, 0.15) is 29.3 Å². The largest absolute Gasteiger partial charge is 0.380 e. The summed E-state index contributed by atoms with van der Waals surface area (Å²) in [5.74, 6) is 6.30. The molecule has 1 aliphatic rings. The lowest BCUT2D eigenvalue weighted by atomic mass is 9.92. The van der Waals surface area contributed by atoms with Crippen molar-refractivity contribution >= 4 is 5.57 Å². The van der Waals surface area contributed by atoms with Crippen molar-refractivity contribution in [3.8, 4) is 11.8 Å². The quantitative estimate of drug-likeness (QED) is 0.682. The fourth-order valence-electron chi connectivity index (χ4n) is 3.29. The first-order valence-electron chi connectivity index (χ1n) is 8.23. The molecule has 120 valence electrons. The molecule has 1 heterocycles. The maximum atomic E-state index is 11.2. The zero-order valence-corrected chi connectivity index (χ0v) is 13.9. The maximum Gasteiger partial charge on any atom is 0.121 e. The van der Waals surface area contributed by atoms with Crippen molar-refractivity contribution in [1.82, 2.24) is 4.98 Å². The van der Waals surface area contributed by atoms with E-state index in [0.29, 0.717) is 11.3 Å². The molecule has 1 aliphatic carbocycles. The second kappa shape index (κ2) is 6.05. The second-order valence-corrected chi connectivity index (χ2v) is 6.20. The summed E-state index contributed by atoms with van der Waals surface area (Å²) in [6.45, 7) is 1.81. The van der Waals surface area contributed by atoms with Gasteiger partial charge in [0.1, 0.15) is 11.3 Å². The van der Waals surface area contributed by atoms with Gasteiger partial charge in [0, 0.05) is 17.3 Å². The van der Waals surface area contributed by atoms with E-state index in [1.807, 2.05) is 67.6 Å². The van der Waals surface area contributed by atoms with Crippen LogP contribution >= 0.6 is 0 Å². The van der Waals surface area contributed by atoms with Gasteiger partial charge in [-0.25, -0.2) is 4.98 Å². The highest BCUT2D eigenvalue weighted by molar-refractivity contribution is 5.92. The minimum atomic E-state index is -1.12. The van der Waals surface area contributed by atoms with Crippen molar-refractivity contribution in [2.75, 3.05) is 0 Å². The van der Waals surface area contributed by atoms with Crippen molar-refractivity contribution in [1.29, 1.82) is 0 Å². The predicted octanol–water partition coefficient (Wildman–Crippen LogP) is 4.16. The van der Waals surface area contributed by atoms with Gasteiger partial charge in [0.2, 0.25) is 0 Å². The van der Waals surface area contributed by atoms with Gasteiger partial charge in [-0.05, 0) is 41.7 Å². The number of pyridine rings is 1. The molecule has 0 fully saturated rings. The zero-order chi connectivity index (χ0) is 17.3. The van der Waals surface area contributed by atoms with Crippen LogP contribution in [0, 0.1) is 11.8 Å². The number of aromatic nitrogens is 1. The molecule has 0 aliphatic heterocycles. The molecule has 0 spiro atoms. The zero-order valence-electron chi connectivity index (χ0n) is 13.9. The molecular formula is C23H17NO. The van der Waals surface area contributed by atoms with E-state index >= 15 is 0 Å². The minimum absolute atomic E-state index is 0.689. The topological polar surface area (TPSA) is 33.1 Å². The second-order valence-electron chi connectivity index (χ2n) is 6.20. The van der Waals surface area contributed by atoms with Crippen LogP contribution in [-0.2, 0) is 5.60 Å². The van der Waals surface area contributed by atoms with E-state index in [-0.39, 0.29) is 0 Å². The average molecular weight is 323 g/mol. The summed E-state index contributed by atoms with van der Waals surface area (Å²) in [7, 11) is 0. The van der Waals surface area contributed by atoms with Gasteiger partial charge in [0.25, 0.3) is 0 Å². The molecule has 0 radical (unpaired) electrons. The molecule has 2 aromatic carbocycles. The minimum Gasteiger partial charge on any atom is -0.380 e. The highest BCUT2D eigenvalue weighted by atomic mass is 16.3. The number of rotatable bonds is 1. The van der Waals surface area contributed by atoms with Gasteiger partial charge in [-0.15, -0.1) is 0 Å².